The van der Waals surface area contributed by atoms with Crippen LogP contribution in [-0.4, -0.2) is 60.5 Å². The monoisotopic (exact) mass is 435 g/mol. The highest BCUT2D eigenvalue weighted by Gasteiger charge is 2.35. The first kappa shape index (κ1) is 22.1. The van der Waals surface area contributed by atoms with Crippen LogP contribution in [0.4, 0.5) is 23.7 Å². The summed E-state index contributed by atoms with van der Waals surface area (Å²) < 4.78 is 43.9. The summed E-state index contributed by atoms with van der Waals surface area (Å²) in [5.41, 5.74) is -1.12. The molecule has 1 fully saturated rings. The van der Waals surface area contributed by atoms with Crippen LogP contribution in [0.5, 0.6) is 0 Å². The van der Waals surface area contributed by atoms with Crippen LogP contribution in [0, 0.1) is 0 Å². The van der Waals surface area contributed by atoms with Crippen LogP contribution in [0.2, 0.25) is 0 Å². The molecule has 3 amide bonds. The Kier molecular flexibility index (Phi) is 6.78. The molecule has 1 aliphatic rings. The number of anilines is 1. The molecule has 0 aliphatic carbocycles. The van der Waals surface area contributed by atoms with Gasteiger partial charge in [0.25, 0.3) is 5.91 Å². The molecule has 1 heterocycles. The molecule has 7 nitrogen and oxygen atoms in total. The molecule has 2 aromatic rings. The van der Waals surface area contributed by atoms with Gasteiger partial charge < -0.3 is 19.9 Å². The average Bonchev–Trinajstić information content (AvgIpc) is 2.77. The summed E-state index contributed by atoms with van der Waals surface area (Å²) in [7, 11) is 0. The lowest BCUT2D eigenvalue weighted by Gasteiger charge is -2.34. The highest BCUT2D eigenvalue weighted by atomic mass is 19.4. The van der Waals surface area contributed by atoms with Crippen molar-refractivity contribution < 1.29 is 32.3 Å². The van der Waals surface area contributed by atoms with E-state index in [1.165, 1.54) is 11.0 Å². The molecule has 0 atom stereocenters. The topological polar surface area (TPSA) is 79.0 Å². The summed E-state index contributed by atoms with van der Waals surface area (Å²) in [6.45, 7) is 0.307. The number of alkyl halides is 3. The largest absolute Gasteiger partial charge is 0.452 e. The number of benzene rings is 2. The van der Waals surface area contributed by atoms with Crippen LogP contribution in [0.25, 0.3) is 0 Å². The lowest BCUT2D eigenvalue weighted by molar-refractivity contribution is -0.138. The normalized spacial score (nSPS) is 14.2. The van der Waals surface area contributed by atoms with E-state index in [-0.39, 0.29) is 32.2 Å². The molecule has 1 N–H and O–H groups in total. The van der Waals surface area contributed by atoms with Gasteiger partial charge in [-0.1, -0.05) is 30.3 Å². The third-order valence-electron chi connectivity index (χ3n) is 4.72. The minimum Gasteiger partial charge on any atom is -0.452 e. The molecule has 31 heavy (non-hydrogen) atoms. The lowest BCUT2D eigenvalue weighted by atomic mass is 10.1. The number of amides is 3. The molecule has 10 heteroatoms. The Balaban J connectivity index is 1.48. The Hall–Kier alpha value is -3.56. The molecular formula is C21H20F3N3O4. The van der Waals surface area contributed by atoms with Crippen LogP contribution in [0.15, 0.2) is 54.6 Å². The molecule has 0 aromatic heterocycles. The Morgan fingerprint density at radius 1 is 0.871 bits per heavy atom. The lowest BCUT2D eigenvalue weighted by Crippen LogP contribution is -2.52. The molecule has 0 bridgehead atoms. The Morgan fingerprint density at radius 3 is 2.10 bits per heavy atom. The standard InChI is InChI=1S/C21H20F3N3O4/c22-21(23,24)17-9-5-4-8-16(17)19(29)31-14-18(28)26-10-12-27(13-11-26)20(30)25-15-6-2-1-3-7-15/h1-9H,10-14H2,(H,25,30). The maximum absolute atomic E-state index is 13.0. The maximum atomic E-state index is 13.0. The summed E-state index contributed by atoms with van der Waals surface area (Å²) >= 11 is 0. The molecule has 0 spiro atoms. The number of hydrogen-bond donors (Lipinski definition) is 1. The van der Waals surface area contributed by atoms with Gasteiger partial charge in [0.15, 0.2) is 6.61 Å². The van der Waals surface area contributed by atoms with Gasteiger partial charge in [-0.2, -0.15) is 13.2 Å². The summed E-state index contributed by atoms with van der Waals surface area (Å²) in [5.74, 6) is -1.76. The zero-order valence-electron chi connectivity index (χ0n) is 16.4. The minimum absolute atomic E-state index is 0.220. The first-order valence-corrected chi connectivity index (χ1v) is 9.48. The first-order chi connectivity index (χ1) is 14.8. The van der Waals surface area contributed by atoms with Crippen LogP contribution in [-0.2, 0) is 15.7 Å². The van der Waals surface area contributed by atoms with Crippen molar-refractivity contribution in [1.29, 1.82) is 0 Å². The molecule has 1 saturated heterocycles. The zero-order chi connectivity index (χ0) is 22.4. The molecule has 1 aliphatic heterocycles. The highest BCUT2D eigenvalue weighted by molar-refractivity contribution is 5.93. The van der Waals surface area contributed by atoms with E-state index in [2.05, 4.69) is 5.32 Å². The van der Waals surface area contributed by atoms with Gasteiger partial charge in [-0.25, -0.2) is 9.59 Å². The second-order valence-electron chi connectivity index (χ2n) is 6.78. The van der Waals surface area contributed by atoms with Gasteiger partial charge in [0.2, 0.25) is 0 Å². The highest BCUT2D eigenvalue weighted by Crippen LogP contribution is 2.32. The summed E-state index contributed by atoms with van der Waals surface area (Å²) in [6.07, 6.45) is -4.71. The molecule has 0 radical (unpaired) electrons. The van der Waals surface area contributed by atoms with Gasteiger partial charge >= 0.3 is 18.2 Å². The smallest absolute Gasteiger partial charge is 0.417 e. The Labute approximate surface area is 176 Å². The zero-order valence-corrected chi connectivity index (χ0v) is 16.4. The number of nitrogens with one attached hydrogen (secondary N) is 1. The second kappa shape index (κ2) is 9.50. The van der Waals surface area contributed by atoms with E-state index in [1.807, 2.05) is 6.07 Å². The van der Waals surface area contributed by atoms with E-state index in [1.54, 1.807) is 29.2 Å². The maximum Gasteiger partial charge on any atom is 0.417 e. The summed E-state index contributed by atoms with van der Waals surface area (Å²) in [5, 5.41) is 2.75. The van der Waals surface area contributed by atoms with E-state index < -0.39 is 35.8 Å². The van der Waals surface area contributed by atoms with Crippen molar-refractivity contribution in [2.75, 3.05) is 38.1 Å². The number of nitrogens with zero attached hydrogens (tertiary/aromatic N) is 2. The fourth-order valence-corrected chi connectivity index (χ4v) is 3.09. The van der Waals surface area contributed by atoms with Crippen molar-refractivity contribution in [2.45, 2.75) is 6.18 Å². The average molecular weight is 435 g/mol. The fraction of sp³-hybridized carbons (Fsp3) is 0.286. The summed E-state index contributed by atoms with van der Waals surface area (Å²) in [6, 6.07) is 12.8. The van der Waals surface area contributed by atoms with E-state index in [0.717, 1.165) is 18.2 Å². The number of carbonyl (C=O) groups excluding carboxylic acids is 3. The van der Waals surface area contributed by atoms with Crippen LogP contribution >= 0.6 is 0 Å². The number of halogens is 3. The SMILES string of the molecule is O=C(OCC(=O)N1CCN(C(=O)Nc2ccccc2)CC1)c1ccccc1C(F)(F)F. The quantitative estimate of drug-likeness (QED) is 0.748. The van der Waals surface area contributed by atoms with Gasteiger partial charge in [0, 0.05) is 31.9 Å². The molecule has 0 unspecified atom stereocenters. The minimum atomic E-state index is -4.71. The van der Waals surface area contributed by atoms with Crippen LogP contribution in [0.3, 0.4) is 0 Å². The van der Waals surface area contributed by atoms with Crippen molar-refractivity contribution in [3.63, 3.8) is 0 Å². The summed E-state index contributed by atoms with van der Waals surface area (Å²) in [4.78, 5) is 39.6. The van der Waals surface area contributed by atoms with E-state index in [4.69, 9.17) is 4.74 Å². The van der Waals surface area contributed by atoms with Gasteiger partial charge in [-0.15, -0.1) is 0 Å². The molecule has 2 aromatic carbocycles. The van der Waals surface area contributed by atoms with Gasteiger partial charge in [-0.05, 0) is 24.3 Å². The number of urea groups is 1. The van der Waals surface area contributed by atoms with Gasteiger partial charge in [0.1, 0.15) is 0 Å². The number of piperazine rings is 1. The van der Waals surface area contributed by atoms with Crippen molar-refractivity contribution >= 4 is 23.6 Å². The van der Waals surface area contributed by atoms with Crippen molar-refractivity contribution in [3.05, 3.63) is 65.7 Å². The molecular weight excluding hydrogens is 415 g/mol. The molecule has 3 rings (SSSR count). The molecule has 164 valence electrons. The third kappa shape index (κ3) is 5.74. The van der Waals surface area contributed by atoms with E-state index in [9.17, 15) is 27.6 Å². The molecule has 0 saturated carbocycles. The number of esters is 1. The third-order valence-corrected chi connectivity index (χ3v) is 4.72. The van der Waals surface area contributed by atoms with Crippen molar-refractivity contribution in [1.82, 2.24) is 9.80 Å². The van der Waals surface area contributed by atoms with Crippen LogP contribution < -0.4 is 5.32 Å². The number of carbonyl (C=O) groups is 3. The second-order valence-corrected chi connectivity index (χ2v) is 6.78. The van der Waals surface area contributed by atoms with E-state index >= 15 is 0 Å². The first-order valence-electron chi connectivity index (χ1n) is 9.48. The number of ether oxygens (including phenoxy) is 1. The number of rotatable bonds is 4. The number of para-hydroxylation sites is 1. The number of hydrogen-bond acceptors (Lipinski definition) is 4. The fourth-order valence-electron chi connectivity index (χ4n) is 3.09. The Bertz CT molecular complexity index is 942. The van der Waals surface area contributed by atoms with Crippen LogP contribution in [0.1, 0.15) is 15.9 Å². The van der Waals surface area contributed by atoms with Gasteiger partial charge in [0.05, 0.1) is 11.1 Å². The predicted molar refractivity (Wildman–Crippen MR) is 105 cm³/mol. The predicted octanol–water partition coefficient (Wildman–Crippen LogP) is 3.24. The van der Waals surface area contributed by atoms with Gasteiger partial charge in [-0.3, -0.25) is 4.79 Å². The van der Waals surface area contributed by atoms with Crippen molar-refractivity contribution in [2.24, 2.45) is 0 Å². The van der Waals surface area contributed by atoms with E-state index in [0.29, 0.717) is 5.69 Å². The van der Waals surface area contributed by atoms with Crippen molar-refractivity contribution in [3.8, 4) is 0 Å². The Morgan fingerprint density at radius 2 is 1.45 bits per heavy atom.